The van der Waals surface area contributed by atoms with Gasteiger partial charge >= 0.3 is 6.03 Å². The number of halogens is 1. The fourth-order valence-electron chi connectivity index (χ4n) is 1.74. The molecular formula is C11H14FN3O. The van der Waals surface area contributed by atoms with Gasteiger partial charge in [0.2, 0.25) is 0 Å². The zero-order valence-corrected chi connectivity index (χ0v) is 8.82. The lowest BCUT2D eigenvalue weighted by atomic mass is 10.3. The molecule has 2 rings (SSSR count). The summed E-state index contributed by atoms with van der Waals surface area (Å²) in [5.74, 6) is -0.365. The number of anilines is 1. The van der Waals surface area contributed by atoms with Crippen LogP contribution in [0.15, 0.2) is 24.3 Å². The molecule has 1 saturated heterocycles. The number of hydrogen-bond acceptors (Lipinski definition) is 2. The van der Waals surface area contributed by atoms with Gasteiger partial charge in [0.1, 0.15) is 5.82 Å². The summed E-state index contributed by atoms with van der Waals surface area (Å²) >= 11 is 0. The number of nitrogens with two attached hydrogens (primary N) is 1. The quantitative estimate of drug-likeness (QED) is 0.755. The summed E-state index contributed by atoms with van der Waals surface area (Å²) in [6.45, 7) is 1.21. The zero-order chi connectivity index (χ0) is 11.5. The van der Waals surface area contributed by atoms with Crippen LogP contribution in [0.5, 0.6) is 0 Å². The molecule has 1 heterocycles. The molecule has 2 amide bonds. The van der Waals surface area contributed by atoms with Gasteiger partial charge in [-0.1, -0.05) is 6.07 Å². The Morgan fingerprint density at radius 3 is 3.00 bits per heavy atom. The van der Waals surface area contributed by atoms with E-state index in [2.05, 4.69) is 5.32 Å². The topological polar surface area (TPSA) is 58.4 Å². The van der Waals surface area contributed by atoms with Crippen LogP contribution >= 0.6 is 0 Å². The van der Waals surface area contributed by atoms with Crippen molar-refractivity contribution in [2.45, 2.75) is 12.5 Å². The highest BCUT2D eigenvalue weighted by molar-refractivity contribution is 5.89. The molecule has 0 aliphatic carbocycles. The Morgan fingerprint density at radius 2 is 2.38 bits per heavy atom. The molecule has 1 atom stereocenters. The molecule has 0 aromatic heterocycles. The van der Waals surface area contributed by atoms with E-state index in [0.29, 0.717) is 18.8 Å². The van der Waals surface area contributed by atoms with E-state index >= 15 is 0 Å². The van der Waals surface area contributed by atoms with Crippen molar-refractivity contribution in [2.24, 2.45) is 5.73 Å². The summed E-state index contributed by atoms with van der Waals surface area (Å²) in [6.07, 6.45) is 0.816. The number of likely N-dealkylation sites (tertiary alicyclic amines) is 1. The first-order valence-corrected chi connectivity index (χ1v) is 5.22. The van der Waals surface area contributed by atoms with Gasteiger partial charge in [-0.2, -0.15) is 0 Å². The number of carbonyl (C=O) groups excluding carboxylic acids is 1. The maximum atomic E-state index is 12.9. The summed E-state index contributed by atoms with van der Waals surface area (Å²) in [7, 11) is 0. The molecule has 1 aromatic rings. The summed E-state index contributed by atoms with van der Waals surface area (Å²) in [5.41, 5.74) is 6.16. The first-order chi connectivity index (χ1) is 7.65. The normalized spacial score (nSPS) is 19.9. The fraction of sp³-hybridized carbons (Fsp3) is 0.364. The van der Waals surface area contributed by atoms with E-state index in [1.54, 1.807) is 17.0 Å². The number of rotatable bonds is 1. The van der Waals surface area contributed by atoms with Crippen molar-refractivity contribution >= 4 is 11.7 Å². The van der Waals surface area contributed by atoms with Gasteiger partial charge in [0.25, 0.3) is 0 Å². The second-order valence-electron chi connectivity index (χ2n) is 3.94. The minimum Gasteiger partial charge on any atom is -0.326 e. The second-order valence-corrected chi connectivity index (χ2v) is 3.94. The molecule has 0 bridgehead atoms. The average molecular weight is 223 g/mol. The van der Waals surface area contributed by atoms with Crippen molar-refractivity contribution in [3.05, 3.63) is 30.1 Å². The Labute approximate surface area is 93.2 Å². The predicted molar refractivity (Wildman–Crippen MR) is 59.6 cm³/mol. The Balaban J connectivity index is 1.97. The van der Waals surface area contributed by atoms with E-state index in [1.807, 2.05) is 0 Å². The largest absolute Gasteiger partial charge is 0.326 e. The summed E-state index contributed by atoms with van der Waals surface area (Å²) in [6, 6.07) is 5.66. The Kier molecular flexibility index (Phi) is 3.05. The summed E-state index contributed by atoms with van der Waals surface area (Å²) in [5, 5.41) is 2.64. The smallest absolute Gasteiger partial charge is 0.321 e. The molecule has 0 radical (unpaired) electrons. The molecule has 3 N–H and O–H groups in total. The number of hydrogen-bond donors (Lipinski definition) is 2. The van der Waals surface area contributed by atoms with Crippen molar-refractivity contribution in [3.63, 3.8) is 0 Å². The first-order valence-electron chi connectivity index (χ1n) is 5.22. The lowest BCUT2D eigenvalue weighted by Crippen LogP contribution is -2.35. The SMILES string of the molecule is NC1CCN(C(=O)Nc2cccc(F)c2)C1. The van der Waals surface area contributed by atoms with Crippen molar-refractivity contribution in [1.82, 2.24) is 4.90 Å². The molecule has 4 nitrogen and oxygen atoms in total. The summed E-state index contributed by atoms with van der Waals surface area (Å²) < 4.78 is 12.9. The van der Waals surface area contributed by atoms with Crippen LogP contribution in [0.3, 0.4) is 0 Å². The molecule has 1 fully saturated rings. The lowest BCUT2D eigenvalue weighted by Gasteiger charge is -2.16. The third-order valence-corrected chi connectivity index (χ3v) is 2.59. The number of nitrogens with zero attached hydrogens (tertiary/aromatic N) is 1. The molecule has 1 unspecified atom stereocenters. The molecule has 1 aromatic carbocycles. The maximum absolute atomic E-state index is 12.9. The lowest BCUT2D eigenvalue weighted by molar-refractivity contribution is 0.222. The fourth-order valence-corrected chi connectivity index (χ4v) is 1.74. The van der Waals surface area contributed by atoms with E-state index in [4.69, 9.17) is 5.73 Å². The van der Waals surface area contributed by atoms with Crippen LogP contribution < -0.4 is 11.1 Å². The number of amides is 2. The van der Waals surface area contributed by atoms with Gasteiger partial charge in [-0.05, 0) is 24.6 Å². The average Bonchev–Trinajstić information content (AvgIpc) is 2.65. The van der Waals surface area contributed by atoms with E-state index in [1.165, 1.54) is 12.1 Å². The second kappa shape index (κ2) is 4.49. The van der Waals surface area contributed by atoms with E-state index in [-0.39, 0.29) is 17.9 Å². The standard InChI is InChI=1S/C11H14FN3O/c12-8-2-1-3-10(6-8)14-11(16)15-5-4-9(13)7-15/h1-3,6,9H,4-5,7,13H2,(H,14,16). The first kappa shape index (κ1) is 10.9. The number of carbonyl (C=O) groups is 1. The van der Waals surface area contributed by atoms with E-state index in [9.17, 15) is 9.18 Å². The molecule has 16 heavy (non-hydrogen) atoms. The van der Waals surface area contributed by atoms with Crippen molar-refractivity contribution in [2.75, 3.05) is 18.4 Å². The van der Waals surface area contributed by atoms with Gasteiger partial charge in [0, 0.05) is 24.8 Å². The minimum absolute atomic E-state index is 0.0539. The highest BCUT2D eigenvalue weighted by atomic mass is 19.1. The van der Waals surface area contributed by atoms with Crippen LogP contribution in [0, 0.1) is 5.82 Å². The van der Waals surface area contributed by atoms with Crippen LogP contribution in [-0.2, 0) is 0 Å². The highest BCUT2D eigenvalue weighted by Gasteiger charge is 2.23. The maximum Gasteiger partial charge on any atom is 0.321 e. The molecule has 0 spiro atoms. The summed E-state index contributed by atoms with van der Waals surface area (Å²) in [4.78, 5) is 13.3. The van der Waals surface area contributed by atoms with Crippen molar-refractivity contribution < 1.29 is 9.18 Å². The zero-order valence-electron chi connectivity index (χ0n) is 8.82. The van der Waals surface area contributed by atoms with Gasteiger partial charge in [-0.25, -0.2) is 9.18 Å². The molecule has 1 aliphatic heterocycles. The highest BCUT2D eigenvalue weighted by Crippen LogP contribution is 2.12. The number of benzene rings is 1. The molecule has 5 heteroatoms. The van der Waals surface area contributed by atoms with E-state index in [0.717, 1.165) is 6.42 Å². The van der Waals surface area contributed by atoms with Crippen LogP contribution in [0.2, 0.25) is 0 Å². The van der Waals surface area contributed by atoms with E-state index < -0.39 is 0 Å². The van der Waals surface area contributed by atoms with Crippen LogP contribution in [0.1, 0.15) is 6.42 Å². The van der Waals surface area contributed by atoms with Gasteiger partial charge < -0.3 is 16.0 Å². The van der Waals surface area contributed by atoms with Gasteiger partial charge in [0.15, 0.2) is 0 Å². The third kappa shape index (κ3) is 2.49. The molecular weight excluding hydrogens is 209 g/mol. The predicted octanol–water partition coefficient (Wildman–Crippen LogP) is 1.39. The van der Waals surface area contributed by atoms with Crippen molar-refractivity contribution in [3.8, 4) is 0 Å². The number of urea groups is 1. The molecule has 86 valence electrons. The Bertz CT molecular complexity index is 397. The molecule has 0 saturated carbocycles. The molecule has 1 aliphatic rings. The van der Waals surface area contributed by atoms with Crippen LogP contribution in [0.25, 0.3) is 0 Å². The number of nitrogens with one attached hydrogen (secondary N) is 1. The minimum atomic E-state index is -0.365. The third-order valence-electron chi connectivity index (χ3n) is 2.59. The van der Waals surface area contributed by atoms with Gasteiger partial charge in [0.05, 0.1) is 0 Å². The Morgan fingerprint density at radius 1 is 1.56 bits per heavy atom. The monoisotopic (exact) mass is 223 g/mol. The van der Waals surface area contributed by atoms with Crippen LogP contribution in [0.4, 0.5) is 14.9 Å². The van der Waals surface area contributed by atoms with Crippen molar-refractivity contribution in [1.29, 1.82) is 0 Å². The van der Waals surface area contributed by atoms with Gasteiger partial charge in [-0.15, -0.1) is 0 Å². The van der Waals surface area contributed by atoms with Crippen LogP contribution in [-0.4, -0.2) is 30.1 Å². The van der Waals surface area contributed by atoms with Gasteiger partial charge in [-0.3, -0.25) is 0 Å². The Hall–Kier alpha value is -1.62.